The lowest BCUT2D eigenvalue weighted by atomic mass is 10.3. The number of aromatic amines is 1. The quantitative estimate of drug-likeness (QED) is 0.940. The average molecular weight is 291 g/mol. The second-order valence-electron chi connectivity index (χ2n) is 3.54. The van der Waals surface area contributed by atoms with Crippen LogP contribution in [0.5, 0.6) is 0 Å². The summed E-state index contributed by atoms with van der Waals surface area (Å²) in [6.07, 6.45) is -3.45. The van der Waals surface area contributed by atoms with Crippen LogP contribution in [0.2, 0.25) is 0 Å². The molecule has 0 saturated carbocycles. The van der Waals surface area contributed by atoms with Gasteiger partial charge in [0.1, 0.15) is 12.4 Å². The van der Waals surface area contributed by atoms with Gasteiger partial charge in [-0.2, -0.15) is 13.2 Å². The van der Waals surface area contributed by atoms with E-state index >= 15 is 0 Å². The van der Waals surface area contributed by atoms with Gasteiger partial charge in [-0.05, 0) is 0 Å². The molecule has 0 fully saturated rings. The van der Waals surface area contributed by atoms with E-state index < -0.39 is 16.7 Å². The predicted octanol–water partition coefficient (Wildman–Crippen LogP) is 2.06. The maximum absolute atomic E-state index is 12.4. The van der Waals surface area contributed by atoms with Crippen molar-refractivity contribution in [1.29, 1.82) is 0 Å². The predicted molar refractivity (Wildman–Crippen MR) is 61.7 cm³/mol. The van der Waals surface area contributed by atoms with E-state index in [-0.39, 0.29) is 23.0 Å². The summed E-state index contributed by atoms with van der Waals surface area (Å²) < 4.78 is 42.1. The molecule has 5 nitrogen and oxygen atoms in total. The Labute approximate surface area is 109 Å². The van der Waals surface area contributed by atoms with Crippen LogP contribution in [0.1, 0.15) is 10.8 Å². The van der Waals surface area contributed by atoms with Crippen molar-refractivity contribution in [2.75, 3.05) is 7.11 Å². The van der Waals surface area contributed by atoms with Crippen molar-refractivity contribution in [2.45, 2.75) is 12.8 Å². The van der Waals surface area contributed by atoms with E-state index in [4.69, 9.17) is 4.74 Å². The molecular weight excluding hydrogens is 283 g/mol. The summed E-state index contributed by atoms with van der Waals surface area (Å²) in [7, 11) is 1.42. The largest absolute Gasteiger partial charge is 0.443 e. The highest BCUT2D eigenvalue weighted by atomic mass is 32.1. The minimum Gasteiger partial charge on any atom is -0.377 e. The van der Waals surface area contributed by atoms with Crippen LogP contribution in [0.3, 0.4) is 0 Å². The van der Waals surface area contributed by atoms with Gasteiger partial charge in [-0.1, -0.05) is 0 Å². The van der Waals surface area contributed by atoms with E-state index in [2.05, 4.69) is 15.0 Å². The highest BCUT2D eigenvalue weighted by molar-refractivity contribution is 7.15. The normalized spacial score (nSPS) is 11.8. The number of halogens is 3. The number of hydrogen-bond acceptors (Lipinski definition) is 5. The van der Waals surface area contributed by atoms with Gasteiger partial charge >= 0.3 is 6.18 Å². The zero-order chi connectivity index (χ0) is 14.0. The molecule has 0 radical (unpaired) electrons. The molecule has 2 heterocycles. The third-order valence-electron chi connectivity index (χ3n) is 2.07. The number of aromatic nitrogens is 3. The molecule has 0 spiro atoms. The third kappa shape index (κ3) is 3.18. The summed E-state index contributed by atoms with van der Waals surface area (Å²) in [5, 5.41) is -0.974. The number of alkyl halides is 3. The molecule has 0 aliphatic heterocycles. The minimum atomic E-state index is -4.50. The van der Waals surface area contributed by atoms with E-state index in [9.17, 15) is 18.0 Å². The molecule has 0 atom stereocenters. The Hall–Kier alpha value is -1.74. The van der Waals surface area contributed by atoms with Gasteiger partial charge in [0.05, 0.1) is 10.6 Å². The highest BCUT2D eigenvalue weighted by Crippen LogP contribution is 2.35. The number of nitrogens with one attached hydrogen (secondary N) is 1. The van der Waals surface area contributed by atoms with Crippen LogP contribution in [0, 0.1) is 0 Å². The molecule has 0 aliphatic carbocycles. The number of H-pyrrole nitrogens is 1. The summed E-state index contributed by atoms with van der Waals surface area (Å²) in [5.41, 5.74) is -0.317. The molecule has 0 aliphatic rings. The first-order valence-corrected chi connectivity index (χ1v) is 5.84. The minimum absolute atomic E-state index is 0.0635. The molecule has 0 aromatic carbocycles. The maximum atomic E-state index is 12.4. The van der Waals surface area contributed by atoms with Crippen molar-refractivity contribution in [3.8, 4) is 10.6 Å². The zero-order valence-electron chi connectivity index (χ0n) is 9.61. The fraction of sp³-hybridized carbons (Fsp3) is 0.300. The van der Waals surface area contributed by atoms with Gasteiger partial charge in [-0.25, -0.2) is 9.97 Å². The molecule has 2 aromatic heterocycles. The topological polar surface area (TPSA) is 67.9 Å². The molecule has 102 valence electrons. The number of ether oxygens (including phenoxy) is 1. The van der Waals surface area contributed by atoms with Crippen LogP contribution >= 0.6 is 11.3 Å². The molecule has 2 aromatic rings. The molecule has 0 bridgehead atoms. The van der Waals surface area contributed by atoms with Gasteiger partial charge in [0.15, 0.2) is 5.01 Å². The SMILES string of the molecule is COCc1nc(-c2cnc(C(F)(F)F)s2)cc(=O)[nH]1. The summed E-state index contributed by atoms with van der Waals surface area (Å²) >= 11 is 0.436. The molecule has 1 N–H and O–H groups in total. The lowest BCUT2D eigenvalue weighted by molar-refractivity contribution is -0.137. The summed E-state index contributed by atoms with van der Waals surface area (Å²) in [4.78, 5) is 21.3. The number of thiazole rings is 1. The molecule has 19 heavy (non-hydrogen) atoms. The Kier molecular flexibility index (Phi) is 3.67. The van der Waals surface area contributed by atoms with Crippen LogP contribution in [0.25, 0.3) is 10.6 Å². The second kappa shape index (κ2) is 5.10. The fourth-order valence-corrected chi connectivity index (χ4v) is 2.11. The van der Waals surface area contributed by atoms with Gasteiger partial charge in [-0.15, -0.1) is 11.3 Å². The van der Waals surface area contributed by atoms with Crippen molar-refractivity contribution >= 4 is 11.3 Å². The number of rotatable bonds is 3. The average Bonchev–Trinajstić information content (AvgIpc) is 2.77. The summed E-state index contributed by atoms with van der Waals surface area (Å²) in [6, 6.07) is 1.12. The van der Waals surface area contributed by atoms with Crippen LogP contribution in [-0.2, 0) is 17.5 Å². The molecule has 0 saturated heterocycles. The lowest BCUT2D eigenvalue weighted by Gasteiger charge is -2.01. The van der Waals surface area contributed by atoms with Crippen molar-refractivity contribution < 1.29 is 17.9 Å². The number of nitrogens with zero attached hydrogens (tertiary/aromatic N) is 2. The molecule has 9 heteroatoms. The first-order valence-electron chi connectivity index (χ1n) is 5.02. The van der Waals surface area contributed by atoms with Gasteiger partial charge < -0.3 is 9.72 Å². The molecule has 2 rings (SSSR count). The highest BCUT2D eigenvalue weighted by Gasteiger charge is 2.34. The van der Waals surface area contributed by atoms with Gasteiger partial charge in [0, 0.05) is 19.4 Å². The Bertz CT molecular complexity index is 635. The first kappa shape index (κ1) is 13.7. The zero-order valence-corrected chi connectivity index (χ0v) is 10.4. The van der Waals surface area contributed by atoms with Crippen LogP contribution in [0.15, 0.2) is 17.1 Å². The Morgan fingerprint density at radius 3 is 2.79 bits per heavy atom. The summed E-state index contributed by atoms with van der Waals surface area (Å²) in [6.45, 7) is 0.0635. The van der Waals surface area contributed by atoms with E-state index in [1.165, 1.54) is 7.11 Å². The van der Waals surface area contributed by atoms with Crippen molar-refractivity contribution in [3.63, 3.8) is 0 Å². The molecule has 0 amide bonds. The van der Waals surface area contributed by atoms with Crippen molar-refractivity contribution in [2.24, 2.45) is 0 Å². The summed E-state index contributed by atoms with van der Waals surface area (Å²) in [5.74, 6) is 0.243. The van der Waals surface area contributed by atoms with E-state index in [1.807, 2.05) is 0 Å². The smallest absolute Gasteiger partial charge is 0.377 e. The van der Waals surface area contributed by atoms with Crippen molar-refractivity contribution in [1.82, 2.24) is 15.0 Å². The maximum Gasteiger partial charge on any atom is 0.443 e. The Morgan fingerprint density at radius 2 is 2.21 bits per heavy atom. The van der Waals surface area contributed by atoms with Crippen LogP contribution < -0.4 is 5.56 Å². The Balaban J connectivity index is 2.41. The van der Waals surface area contributed by atoms with Gasteiger partial charge in [0.2, 0.25) is 0 Å². The van der Waals surface area contributed by atoms with E-state index in [1.54, 1.807) is 0 Å². The van der Waals surface area contributed by atoms with Gasteiger partial charge in [0.25, 0.3) is 5.56 Å². The molecule has 0 unspecified atom stereocenters. The van der Waals surface area contributed by atoms with E-state index in [0.717, 1.165) is 12.3 Å². The monoisotopic (exact) mass is 291 g/mol. The van der Waals surface area contributed by atoms with Crippen LogP contribution in [0.4, 0.5) is 13.2 Å². The first-order chi connectivity index (χ1) is 8.90. The lowest BCUT2D eigenvalue weighted by Crippen LogP contribution is -2.11. The van der Waals surface area contributed by atoms with Crippen molar-refractivity contribution in [3.05, 3.63) is 33.4 Å². The standard InChI is InChI=1S/C10H8F3N3O2S/c1-18-4-7-15-5(2-8(17)16-7)6-3-14-9(19-6)10(11,12)13/h2-3H,4H2,1H3,(H,15,16,17). The third-order valence-corrected chi connectivity index (χ3v) is 3.14. The number of hydrogen-bond donors (Lipinski definition) is 1. The van der Waals surface area contributed by atoms with E-state index in [0.29, 0.717) is 11.3 Å². The second-order valence-corrected chi connectivity index (χ2v) is 4.57. The van der Waals surface area contributed by atoms with Crippen LogP contribution in [-0.4, -0.2) is 22.1 Å². The molecular formula is C10H8F3N3O2S. The number of methoxy groups -OCH3 is 1. The van der Waals surface area contributed by atoms with Gasteiger partial charge in [-0.3, -0.25) is 4.79 Å². The Morgan fingerprint density at radius 1 is 1.47 bits per heavy atom. The fourth-order valence-electron chi connectivity index (χ4n) is 1.36.